The fourth-order valence-corrected chi connectivity index (χ4v) is 2.83. The summed E-state index contributed by atoms with van der Waals surface area (Å²) in [5.41, 5.74) is 8.42. The first-order chi connectivity index (χ1) is 8.03. The normalized spacial score (nSPS) is 11.8. The molecule has 0 saturated heterocycles. The molecule has 0 aliphatic heterocycles. The predicted octanol–water partition coefficient (Wildman–Crippen LogP) is 2.62. The van der Waals surface area contributed by atoms with E-state index in [1.165, 1.54) is 23.6 Å². The maximum absolute atomic E-state index is 5.49. The van der Waals surface area contributed by atoms with Crippen LogP contribution in [0.25, 0.3) is 0 Å². The number of rotatable bonds is 7. The second-order valence-electron chi connectivity index (χ2n) is 5.79. The predicted molar refractivity (Wildman–Crippen MR) is 79.1 cm³/mol. The van der Waals surface area contributed by atoms with Crippen LogP contribution in [0, 0.1) is 0 Å². The molecule has 2 nitrogen and oxygen atoms in total. The van der Waals surface area contributed by atoms with Crippen molar-refractivity contribution in [1.82, 2.24) is 5.32 Å². The van der Waals surface area contributed by atoms with Gasteiger partial charge in [0.05, 0.1) is 0 Å². The van der Waals surface area contributed by atoms with E-state index in [1.54, 1.807) is 0 Å². The van der Waals surface area contributed by atoms with Crippen molar-refractivity contribution >= 4 is 8.07 Å². The Morgan fingerprint density at radius 1 is 1.12 bits per heavy atom. The zero-order chi connectivity index (χ0) is 12.7. The second kappa shape index (κ2) is 6.94. The molecule has 0 radical (unpaired) electrons. The molecule has 0 aromatic heterocycles. The SMILES string of the molecule is C[Si](C)(C)CCc1ccccc1CNCCN. The van der Waals surface area contributed by atoms with Gasteiger partial charge in [-0.1, -0.05) is 50.0 Å². The monoisotopic (exact) mass is 250 g/mol. The fraction of sp³-hybridized carbons (Fsp3) is 0.571. The van der Waals surface area contributed by atoms with E-state index < -0.39 is 8.07 Å². The lowest BCUT2D eigenvalue weighted by Gasteiger charge is -2.17. The molecule has 0 aliphatic carbocycles. The summed E-state index contributed by atoms with van der Waals surface area (Å²) in [4.78, 5) is 0. The third kappa shape index (κ3) is 6.01. The van der Waals surface area contributed by atoms with E-state index >= 15 is 0 Å². The van der Waals surface area contributed by atoms with Crippen molar-refractivity contribution in [3.05, 3.63) is 35.4 Å². The van der Waals surface area contributed by atoms with E-state index in [2.05, 4.69) is 49.2 Å². The topological polar surface area (TPSA) is 38.0 Å². The van der Waals surface area contributed by atoms with E-state index in [9.17, 15) is 0 Å². The van der Waals surface area contributed by atoms with Gasteiger partial charge < -0.3 is 11.1 Å². The molecule has 1 rings (SSSR count). The Hall–Kier alpha value is -0.643. The zero-order valence-electron chi connectivity index (χ0n) is 11.4. The first-order valence-corrected chi connectivity index (χ1v) is 10.2. The average Bonchev–Trinajstić information content (AvgIpc) is 2.27. The molecular weight excluding hydrogens is 224 g/mol. The van der Waals surface area contributed by atoms with E-state index in [0.717, 1.165) is 13.1 Å². The molecule has 1 aromatic rings. The van der Waals surface area contributed by atoms with E-state index in [4.69, 9.17) is 5.73 Å². The van der Waals surface area contributed by atoms with Gasteiger partial charge in [0.25, 0.3) is 0 Å². The zero-order valence-corrected chi connectivity index (χ0v) is 12.4. The number of nitrogens with two attached hydrogens (primary N) is 1. The standard InChI is InChI=1S/C14H26N2Si/c1-17(2,3)11-8-13-6-4-5-7-14(13)12-16-10-9-15/h4-7,16H,8-12,15H2,1-3H3. The molecular formula is C14H26N2Si. The third-order valence-electron chi connectivity index (χ3n) is 2.90. The van der Waals surface area contributed by atoms with Crippen LogP contribution in [0.4, 0.5) is 0 Å². The molecule has 17 heavy (non-hydrogen) atoms. The van der Waals surface area contributed by atoms with Gasteiger partial charge in [0.2, 0.25) is 0 Å². The fourth-order valence-electron chi connectivity index (χ4n) is 1.81. The summed E-state index contributed by atoms with van der Waals surface area (Å²) in [5, 5.41) is 3.38. The molecule has 3 heteroatoms. The van der Waals surface area contributed by atoms with Crippen LogP contribution in [-0.2, 0) is 13.0 Å². The van der Waals surface area contributed by atoms with Crippen LogP contribution in [-0.4, -0.2) is 21.2 Å². The average molecular weight is 250 g/mol. The van der Waals surface area contributed by atoms with Gasteiger partial charge in [0, 0.05) is 27.7 Å². The van der Waals surface area contributed by atoms with Gasteiger partial charge in [-0.15, -0.1) is 0 Å². The van der Waals surface area contributed by atoms with Gasteiger partial charge in [-0.25, -0.2) is 0 Å². The van der Waals surface area contributed by atoms with E-state index in [-0.39, 0.29) is 0 Å². The lowest BCUT2D eigenvalue weighted by atomic mass is 10.1. The highest BCUT2D eigenvalue weighted by molar-refractivity contribution is 6.76. The summed E-state index contributed by atoms with van der Waals surface area (Å²) in [6, 6.07) is 10.1. The molecule has 0 amide bonds. The highest BCUT2D eigenvalue weighted by Gasteiger charge is 2.13. The maximum Gasteiger partial charge on any atom is 0.0445 e. The van der Waals surface area contributed by atoms with Crippen molar-refractivity contribution < 1.29 is 0 Å². The van der Waals surface area contributed by atoms with Gasteiger partial charge >= 0.3 is 0 Å². The molecule has 96 valence electrons. The summed E-state index contributed by atoms with van der Waals surface area (Å²) in [6.45, 7) is 9.84. The number of hydrogen-bond acceptors (Lipinski definition) is 2. The molecule has 1 aromatic carbocycles. The largest absolute Gasteiger partial charge is 0.329 e. The molecule has 0 unspecified atom stereocenters. The molecule has 0 spiro atoms. The Bertz CT molecular complexity index is 331. The Balaban J connectivity index is 2.58. The van der Waals surface area contributed by atoms with Crippen molar-refractivity contribution in [3.8, 4) is 0 Å². The van der Waals surface area contributed by atoms with Crippen LogP contribution in [0.3, 0.4) is 0 Å². The minimum absolute atomic E-state index is 0.705. The van der Waals surface area contributed by atoms with Crippen LogP contribution in [0.1, 0.15) is 11.1 Å². The molecule has 0 aliphatic rings. The van der Waals surface area contributed by atoms with Gasteiger partial charge in [0.1, 0.15) is 0 Å². The smallest absolute Gasteiger partial charge is 0.0445 e. The van der Waals surface area contributed by atoms with Crippen LogP contribution in [0.2, 0.25) is 25.7 Å². The number of hydrogen-bond donors (Lipinski definition) is 2. The molecule has 0 fully saturated rings. The lowest BCUT2D eigenvalue weighted by molar-refractivity contribution is 0.690. The van der Waals surface area contributed by atoms with Crippen LogP contribution in [0.5, 0.6) is 0 Å². The molecule has 0 bridgehead atoms. The van der Waals surface area contributed by atoms with Crippen molar-refractivity contribution in [1.29, 1.82) is 0 Å². The Kier molecular flexibility index (Phi) is 5.89. The third-order valence-corrected chi connectivity index (χ3v) is 4.65. The minimum Gasteiger partial charge on any atom is -0.329 e. The van der Waals surface area contributed by atoms with Gasteiger partial charge in [0.15, 0.2) is 0 Å². The number of aryl methyl sites for hydroxylation is 1. The lowest BCUT2D eigenvalue weighted by Crippen LogP contribution is -2.23. The van der Waals surface area contributed by atoms with Crippen LogP contribution < -0.4 is 11.1 Å². The molecule has 3 N–H and O–H groups in total. The first kappa shape index (κ1) is 14.4. The summed E-state index contributed by atoms with van der Waals surface area (Å²) < 4.78 is 0. The number of benzene rings is 1. The summed E-state index contributed by atoms with van der Waals surface area (Å²) in [7, 11) is -0.941. The Morgan fingerprint density at radius 2 is 1.76 bits per heavy atom. The van der Waals surface area contributed by atoms with Gasteiger partial charge in [-0.05, 0) is 17.5 Å². The molecule has 0 saturated carbocycles. The highest BCUT2D eigenvalue weighted by Crippen LogP contribution is 2.16. The second-order valence-corrected chi connectivity index (χ2v) is 11.4. The van der Waals surface area contributed by atoms with E-state index in [0.29, 0.717) is 6.54 Å². The van der Waals surface area contributed by atoms with Crippen LogP contribution >= 0.6 is 0 Å². The number of nitrogens with one attached hydrogen (secondary N) is 1. The summed E-state index contributed by atoms with van der Waals surface area (Å²) in [6.07, 6.45) is 1.22. The van der Waals surface area contributed by atoms with Crippen LogP contribution in [0.15, 0.2) is 24.3 Å². The molecule has 0 heterocycles. The van der Waals surface area contributed by atoms with Crippen molar-refractivity contribution in [2.45, 2.75) is 38.7 Å². The highest BCUT2D eigenvalue weighted by atomic mass is 28.3. The minimum atomic E-state index is -0.941. The quantitative estimate of drug-likeness (QED) is 0.577. The summed E-state index contributed by atoms with van der Waals surface area (Å²) in [5.74, 6) is 0. The van der Waals surface area contributed by atoms with Gasteiger partial charge in [-0.3, -0.25) is 0 Å². The first-order valence-electron chi connectivity index (χ1n) is 6.50. The van der Waals surface area contributed by atoms with Crippen molar-refractivity contribution in [3.63, 3.8) is 0 Å². The van der Waals surface area contributed by atoms with Crippen molar-refractivity contribution in [2.24, 2.45) is 5.73 Å². The maximum atomic E-state index is 5.49. The molecule has 0 atom stereocenters. The van der Waals surface area contributed by atoms with E-state index in [1.807, 2.05) is 0 Å². The van der Waals surface area contributed by atoms with Gasteiger partial charge in [-0.2, -0.15) is 0 Å². The summed E-state index contributed by atoms with van der Waals surface area (Å²) >= 11 is 0. The van der Waals surface area contributed by atoms with Crippen molar-refractivity contribution in [2.75, 3.05) is 13.1 Å². The Labute approximate surface area is 107 Å². The Morgan fingerprint density at radius 3 is 2.35 bits per heavy atom.